The van der Waals surface area contributed by atoms with E-state index in [0.717, 1.165) is 33.5 Å². The molecule has 2 aromatic heterocycles. The molecule has 10 aromatic rings. The van der Waals surface area contributed by atoms with Crippen molar-refractivity contribution < 1.29 is 0 Å². The molecule has 0 aliphatic heterocycles. The highest BCUT2D eigenvalue weighted by molar-refractivity contribution is 7.26. The van der Waals surface area contributed by atoms with Crippen LogP contribution in [0, 0.1) is 0 Å². The zero-order valence-corrected chi connectivity index (χ0v) is 28.4. The van der Waals surface area contributed by atoms with Crippen molar-refractivity contribution in [2.75, 3.05) is 0 Å². The second kappa shape index (κ2) is 12.2. The number of aromatic nitrogens is 2. The summed E-state index contributed by atoms with van der Waals surface area (Å²) in [6.07, 6.45) is 0. The predicted octanol–water partition coefficient (Wildman–Crippen LogP) is 13.5. The molecule has 51 heavy (non-hydrogen) atoms. The maximum Gasteiger partial charge on any atom is 0.161 e. The van der Waals surface area contributed by atoms with E-state index in [1.807, 2.05) is 17.4 Å². The molecule has 10 rings (SSSR count). The van der Waals surface area contributed by atoms with E-state index >= 15 is 0 Å². The van der Waals surface area contributed by atoms with Gasteiger partial charge in [-0.2, -0.15) is 0 Å². The van der Waals surface area contributed by atoms with Crippen molar-refractivity contribution in [2.45, 2.75) is 0 Å². The molecular weight excluding hydrogens is 637 g/mol. The Kier molecular flexibility index (Phi) is 7.04. The second-order valence-electron chi connectivity index (χ2n) is 12.9. The van der Waals surface area contributed by atoms with E-state index in [1.165, 1.54) is 64.3 Å². The first-order chi connectivity index (χ1) is 25.3. The van der Waals surface area contributed by atoms with E-state index in [9.17, 15) is 0 Å². The lowest BCUT2D eigenvalue weighted by Gasteiger charge is -2.14. The van der Waals surface area contributed by atoms with Crippen molar-refractivity contribution in [3.63, 3.8) is 0 Å². The van der Waals surface area contributed by atoms with Crippen LogP contribution < -0.4 is 0 Å². The summed E-state index contributed by atoms with van der Waals surface area (Å²) in [6, 6.07) is 65.0. The van der Waals surface area contributed by atoms with E-state index in [1.54, 1.807) is 0 Å². The Morgan fingerprint density at radius 3 is 1.59 bits per heavy atom. The summed E-state index contributed by atoms with van der Waals surface area (Å²) in [4.78, 5) is 10.4. The van der Waals surface area contributed by atoms with Crippen LogP contribution in [0.5, 0.6) is 0 Å². The summed E-state index contributed by atoms with van der Waals surface area (Å²) in [5, 5.41) is 6.06. The van der Waals surface area contributed by atoms with Crippen molar-refractivity contribution >= 4 is 53.2 Å². The molecule has 2 heterocycles. The maximum absolute atomic E-state index is 5.26. The Morgan fingerprint density at radius 1 is 0.353 bits per heavy atom. The molecule has 238 valence electrons. The minimum Gasteiger partial charge on any atom is -0.228 e. The first kappa shape index (κ1) is 29.5. The van der Waals surface area contributed by atoms with Gasteiger partial charge in [-0.25, -0.2) is 9.97 Å². The number of para-hydroxylation sites is 1. The highest BCUT2D eigenvalue weighted by atomic mass is 32.1. The third-order valence-corrected chi connectivity index (χ3v) is 11.0. The standard InChI is InChI=1S/C48H30N2S/c1-4-15-31(16-5-1)34-27-35(32-17-6-2-7-18-32)29-36(28-34)42-30-44-45(38-22-11-10-21-37(38)42)40-24-14-25-41(47(40)51-44)48-49-43-26-13-12-23-39(43)46(50-48)33-19-8-3-9-20-33/h1-30H. The molecule has 3 heteroatoms. The molecule has 0 amide bonds. The molecule has 0 aliphatic rings. The third-order valence-electron chi connectivity index (χ3n) is 9.85. The molecule has 0 spiro atoms. The van der Waals surface area contributed by atoms with Gasteiger partial charge in [0, 0.05) is 36.7 Å². The molecule has 0 saturated carbocycles. The fourth-order valence-corrected chi connectivity index (χ4v) is 8.74. The first-order valence-electron chi connectivity index (χ1n) is 17.2. The lowest BCUT2D eigenvalue weighted by molar-refractivity contribution is 1.24. The van der Waals surface area contributed by atoms with Crippen LogP contribution in [0.25, 0.3) is 97.9 Å². The minimum absolute atomic E-state index is 0.748. The smallest absolute Gasteiger partial charge is 0.161 e. The molecule has 8 aromatic carbocycles. The summed E-state index contributed by atoms with van der Waals surface area (Å²) in [6.45, 7) is 0. The Hall–Kier alpha value is -6.42. The van der Waals surface area contributed by atoms with Gasteiger partial charge in [-0.05, 0) is 80.6 Å². The Bertz CT molecular complexity index is 2840. The molecule has 0 saturated heterocycles. The molecule has 0 aliphatic carbocycles. The SMILES string of the molecule is c1ccc(-c2cc(-c3ccccc3)cc(-c3cc4sc5c(-c6nc(-c7ccccc7)c7ccccc7n6)cccc5c4c4ccccc34)c2)cc1. The van der Waals surface area contributed by atoms with E-state index in [0.29, 0.717) is 0 Å². The quantitative estimate of drug-likeness (QED) is 0.183. The average molecular weight is 667 g/mol. The number of fused-ring (bicyclic) bond motifs is 6. The molecule has 2 nitrogen and oxygen atoms in total. The van der Waals surface area contributed by atoms with Crippen LogP contribution in [-0.2, 0) is 0 Å². The summed E-state index contributed by atoms with van der Waals surface area (Å²) in [5.74, 6) is 0.748. The van der Waals surface area contributed by atoms with E-state index < -0.39 is 0 Å². The number of thiophene rings is 1. The van der Waals surface area contributed by atoms with Gasteiger partial charge in [-0.1, -0.05) is 146 Å². The molecule has 0 atom stereocenters. The summed E-state index contributed by atoms with van der Waals surface area (Å²) >= 11 is 1.84. The van der Waals surface area contributed by atoms with Gasteiger partial charge in [0.2, 0.25) is 0 Å². The lowest BCUT2D eigenvalue weighted by atomic mass is 9.90. The molecule has 0 bridgehead atoms. The van der Waals surface area contributed by atoms with Gasteiger partial charge in [0.1, 0.15) is 0 Å². The number of nitrogens with zero attached hydrogens (tertiary/aromatic N) is 2. The Labute approximate surface area is 300 Å². The van der Waals surface area contributed by atoms with Crippen LogP contribution in [-0.4, -0.2) is 9.97 Å². The molecule has 0 radical (unpaired) electrons. The van der Waals surface area contributed by atoms with Crippen LogP contribution in [0.1, 0.15) is 0 Å². The second-order valence-corrected chi connectivity index (χ2v) is 14.0. The monoisotopic (exact) mass is 666 g/mol. The number of hydrogen-bond donors (Lipinski definition) is 0. The molecular formula is C48H30N2S. The van der Waals surface area contributed by atoms with Crippen molar-refractivity contribution in [3.05, 3.63) is 182 Å². The van der Waals surface area contributed by atoms with Crippen molar-refractivity contribution in [2.24, 2.45) is 0 Å². The van der Waals surface area contributed by atoms with Gasteiger partial charge in [-0.3, -0.25) is 0 Å². The topological polar surface area (TPSA) is 25.8 Å². The fraction of sp³-hybridized carbons (Fsp3) is 0. The zero-order chi connectivity index (χ0) is 33.7. The largest absolute Gasteiger partial charge is 0.228 e. The van der Waals surface area contributed by atoms with Crippen LogP contribution in [0.3, 0.4) is 0 Å². The van der Waals surface area contributed by atoms with Gasteiger partial charge in [0.15, 0.2) is 5.82 Å². The molecule has 0 unspecified atom stereocenters. The Balaban J connectivity index is 1.22. The van der Waals surface area contributed by atoms with Gasteiger partial charge in [-0.15, -0.1) is 11.3 Å². The van der Waals surface area contributed by atoms with E-state index in [-0.39, 0.29) is 0 Å². The highest BCUT2D eigenvalue weighted by Crippen LogP contribution is 2.46. The van der Waals surface area contributed by atoms with Crippen LogP contribution in [0.2, 0.25) is 0 Å². The lowest BCUT2D eigenvalue weighted by Crippen LogP contribution is -1.95. The Morgan fingerprint density at radius 2 is 0.902 bits per heavy atom. The van der Waals surface area contributed by atoms with Crippen LogP contribution >= 0.6 is 11.3 Å². The maximum atomic E-state index is 5.26. The summed E-state index contributed by atoms with van der Waals surface area (Å²) in [5.41, 5.74) is 11.3. The van der Waals surface area contributed by atoms with Crippen molar-refractivity contribution in [1.82, 2.24) is 9.97 Å². The molecule has 0 N–H and O–H groups in total. The normalized spacial score (nSPS) is 11.5. The zero-order valence-electron chi connectivity index (χ0n) is 27.6. The van der Waals surface area contributed by atoms with Crippen molar-refractivity contribution in [1.29, 1.82) is 0 Å². The fourth-order valence-electron chi connectivity index (χ4n) is 7.47. The highest BCUT2D eigenvalue weighted by Gasteiger charge is 2.19. The number of hydrogen-bond acceptors (Lipinski definition) is 3. The van der Waals surface area contributed by atoms with Crippen molar-refractivity contribution in [3.8, 4) is 56.0 Å². The third kappa shape index (κ3) is 5.10. The minimum atomic E-state index is 0.748. The first-order valence-corrected chi connectivity index (χ1v) is 18.1. The van der Waals surface area contributed by atoms with E-state index in [2.05, 4.69) is 176 Å². The van der Waals surface area contributed by atoms with Crippen LogP contribution in [0.4, 0.5) is 0 Å². The van der Waals surface area contributed by atoms with Gasteiger partial charge >= 0.3 is 0 Å². The van der Waals surface area contributed by atoms with Gasteiger partial charge in [0.25, 0.3) is 0 Å². The van der Waals surface area contributed by atoms with Crippen LogP contribution in [0.15, 0.2) is 182 Å². The molecule has 0 fully saturated rings. The summed E-state index contributed by atoms with van der Waals surface area (Å²) < 4.78 is 2.45. The van der Waals surface area contributed by atoms with Gasteiger partial charge < -0.3 is 0 Å². The number of rotatable bonds is 5. The summed E-state index contributed by atoms with van der Waals surface area (Å²) in [7, 11) is 0. The van der Waals surface area contributed by atoms with Gasteiger partial charge in [0.05, 0.1) is 11.2 Å². The predicted molar refractivity (Wildman–Crippen MR) is 217 cm³/mol. The number of benzene rings is 8. The van der Waals surface area contributed by atoms with E-state index in [4.69, 9.17) is 9.97 Å². The average Bonchev–Trinajstić information content (AvgIpc) is 3.60.